The minimum absolute atomic E-state index is 0.347. The van der Waals surface area contributed by atoms with Crippen LogP contribution in [-0.4, -0.2) is 9.38 Å². The topological polar surface area (TPSA) is 17.3 Å². The third kappa shape index (κ3) is 1.34. The molecular formula is C9H7F3N2. The van der Waals surface area contributed by atoms with E-state index in [9.17, 15) is 13.2 Å². The van der Waals surface area contributed by atoms with Crippen molar-refractivity contribution >= 4 is 5.65 Å². The Balaban J connectivity index is 2.69. The lowest BCUT2D eigenvalue weighted by atomic mass is 10.3. The number of hydrogen-bond acceptors (Lipinski definition) is 1. The van der Waals surface area contributed by atoms with E-state index in [1.807, 2.05) is 0 Å². The van der Waals surface area contributed by atoms with Gasteiger partial charge in [-0.1, -0.05) is 6.07 Å². The van der Waals surface area contributed by atoms with Crippen molar-refractivity contribution in [2.24, 2.45) is 0 Å². The maximum Gasteiger partial charge on any atom is 0.434 e. The smallest absolute Gasteiger partial charge is 0.306 e. The van der Waals surface area contributed by atoms with Crippen molar-refractivity contribution in [1.82, 2.24) is 9.38 Å². The summed E-state index contributed by atoms with van der Waals surface area (Å²) in [4.78, 5) is 3.52. The predicted molar refractivity (Wildman–Crippen MR) is 44.9 cm³/mol. The van der Waals surface area contributed by atoms with Crippen LogP contribution in [0.25, 0.3) is 5.65 Å². The molecule has 0 aliphatic heterocycles. The van der Waals surface area contributed by atoms with Crippen molar-refractivity contribution in [3.05, 3.63) is 35.8 Å². The van der Waals surface area contributed by atoms with Crippen molar-refractivity contribution in [2.45, 2.75) is 13.1 Å². The molecular weight excluding hydrogens is 193 g/mol. The van der Waals surface area contributed by atoms with Crippen LogP contribution in [0.5, 0.6) is 0 Å². The molecule has 0 fully saturated rings. The summed E-state index contributed by atoms with van der Waals surface area (Å²) < 4.78 is 38.2. The summed E-state index contributed by atoms with van der Waals surface area (Å²) in [5.74, 6) is 0. The zero-order valence-corrected chi connectivity index (χ0v) is 7.34. The maximum absolute atomic E-state index is 12.3. The van der Waals surface area contributed by atoms with Gasteiger partial charge in [0.05, 0.1) is 0 Å². The van der Waals surface area contributed by atoms with Gasteiger partial charge in [0.1, 0.15) is 5.65 Å². The summed E-state index contributed by atoms with van der Waals surface area (Å²) in [6, 6.07) is 3.41. The molecule has 0 radical (unpaired) electrons. The second-order valence-corrected chi connectivity index (χ2v) is 3.05. The van der Waals surface area contributed by atoms with Crippen LogP contribution in [0.4, 0.5) is 13.2 Å². The zero-order valence-electron chi connectivity index (χ0n) is 7.34. The number of hydrogen-bond donors (Lipinski definition) is 0. The molecule has 0 N–H and O–H groups in total. The fraction of sp³-hybridized carbons (Fsp3) is 0.222. The second-order valence-electron chi connectivity index (χ2n) is 3.05. The lowest BCUT2D eigenvalue weighted by Gasteiger charge is -1.98. The van der Waals surface area contributed by atoms with Crippen LogP contribution in [0.15, 0.2) is 24.5 Å². The molecule has 2 nitrogen and oxygen atoms in total. The molecule has 14 heavy (non-hydrogen) atoms. The lowest BCUT2D eigenvalue weighted by Crippen LogP contribution is -2.04. The first-order valence-corrected chi connectivity index (χ1v) is 4.00. The summed E-state index contributed by atoms with van der Waals surface area (Å²) in [6.07, 6.45) is -1.84. The standard InChI is InChI=1S/C9H7F3N2/c1-6-3-2-4-14-5-7(9(10,11)12)13-8(6)14/h2-5H,1H3. The molecule has 0 saturated carbocycles. The largest absolute Gasteiger partial charge is 0.434 e. The summed E-state index contributed by atoms with van der Waals surface area (Å²) in [5, 5.41) is 0. The fourth-order valence-corrected chi connectivity index (χ4v) is 1.29. The Morgan fingerprint density at radius 3 is 2.64 bits per heavy atom. The summed E-state index contributed by atoms with van der Waals surface area (Å²) in [6.45, 7) is 1.72. The van der Waals surface area contributed by atoms with Crippen LogP contribution in [0.1, 0.15) is 11.3 Å². The molecule has 5 heteroatoms. The number of imidazole rings is 1. The van der Waals surface area contributed by atoms with Crippen molar-refractivity contribution in [3.63, 3.8) is 0 Å². The lowest BCUT2D eigenvalue weighted by molar-refractivity contribution is -0.140. The molecule has 74 valence electrons. The van der Waals surface area contributed by atoms with Gasteiger partial charge in [-0.05, 0) is 18.6 Å². The SMILES string of the molecule is Cc1cccn2cc(C(F)(F)F)nc12. The van der Waals surface area contributed by atoms with E-state index in [2.05, 4.69) is 4.98 Å². The van der Waals surface area contributed by atoms with Crippen LogP contribution in [0.3, 0.4) is 0 Å². The van der Waals surface area contributed by atoms with Gasteiger partial charge in [-0.25, -0.2) is 4.98 Å². The highest BCUT2D eigenvalue weighted by Gasteiger charge is 2.33. The van der Waals surface area contributed by atoms with E-state index in [-0.39, 0.29) is 0 Å². The first kappa shape index (κ1) is 9.05. The molecule has 0 atom stereocenters. The molecule has 0 bridgehead atoms. The molecule has 0 aliphatic carbocycles. The van der Waals surface area contributed by atoms with E-state index < -0.39 is 11.9 Å². The summed E-state index contributed by atoms with van der Waals surface area (Å²) in [7, 11) is 0. The third-order valence-corrected chi connectivity index (χ3v) is 1.97. The van der Waals surface area contributed by atoms with Crippen molar-refractivity contribution in [3.8, 4) is 0 Å². The van der Waals surface area contributed by atoms with E-state index in [1.54, 1.807) is 25.3 Å². The quantitative estimate of drug-likeness (QED) is 0.639. The highest BCUT2D eigenvalue weighted by atomic mass is 19.4. The molecule has 0 aromatic carbocycles. The Morgan fingerprint density at radius 1 is 1.36 bits per heavy atom. The van der Waals surface area contributed by atoms with Crippen LogP contribution in [0, 0.1) is 6.92 Å². The van der Waals surface area contributed by atoms with Gasteiger partial charge in [-0.3, -0.25) is 0 Å². The number of rotatable bonds is 0. The van der Waals surface area contributed by atoms with Gasteiger partial charge in [0.25, 0.3) is 0 Å². The van der Waals surface area contributed by atoms with Crippen LogP contribution in [-0.2, 0) is 6.18 Å². The van der Waals surface area contributed by atoms with Gasteiger partial charge in [-0.15, -0.1) is 0 Å². The van der Waals surface area contributed by atoms with Gasteiger partial charge in [0.15, 0.2) is 5.69 Å². The number of aryl methyl sites for hydroxylation is 1. The molecule has 0 amide bonds. The van der Waals surface area contributed by atoms with Crippen molar-refractivity contribution < 1.29 is 13.2 Å². The van der Waals surface area contributed by atoms with Gasteiger partial charge in [0.2, 0.25) is 0 Å². The number of fused-ring (bicyclic) bond motifs is 1. The molecule has 2 heterocycles. The van der Waals surface area contributed by atoms with Crippen molar-refractivity contribution in [1.29, 1.82) is 0 Å². The Morgan fingerprint density at radius 2 is 2.07 bits per heavy atom. The molecule has 0 saturated heterocycles. The van der Waals surface area contributed by atoms with Crippen LogP contribution in [0.2, 0.25) is 0 Å². The Labute approximate surface area is 78.0 Å². The third-order valence-electron chi connectivity index (χ3n) is 1.97. The number of alkyl halides is 3. The Hall–Kier alpha value is -1.52. The predicted octanol–water partition coefficient (Wildman–Crippen LogP) is 2.66. The first-order valence-electron chi connectivity index (χ1n) is 4.00. The van der Waals surface area contributed by atoms with E-state index in [0.717, 1.165) is 11.8 Å². The van der Waals surface area contributed by atoms with Crippen molar-refractivity contribution in [2.75, 3.05) is 0 Å². The van der Waals surface area contributed by atoms with Crippen LogP contribution >= 0.6 is 0 Å². The van der Waals surface area contributed by atoms with Gasteiger partial charge < -0.3 is 4.40 Å². The molecule has 0 spiro atoms. The summed E-state index contributed by atoms with van der Waals surface area (Å²) >= 11 is 0. The first-order chi connectivity index (χ1) is 6.48. The van der Waals surface area contributed by atoms with E-state index in [1.165, 1.54) is 4.40 Å². The Bertz CT molecular complexity index is 470. The van der Waals surface area contributed by atoms with Crippen LogP contribution < -0.4 is 0 Å². The molecule has 2 rings (SSSR count). The zero-order chi connectivity index (χ0) is 10.3. The highest BCUT2D eigenvalue weighted by molar-refractivity contribution is 5.48. The fourth-order valence-electron chi connectivity index (χ4n) is 1.29. The molecule has 2 aromatic rings. The van der Waals surface area contributed by atoms with Gasteiger partial charge in [-0.2, -0.15) is 13.2 Å². The molecule has 0 aliphatic rings. The highest BCUT2D eigenvalue weighted by Crippen LogP contribution is 2.28. The number of pyridine rings is 1. The maximum atomic E-state index is 12.3. The Kier molecular flexibility index (Phi) is 1.77. The number of aromatic nitrogens is 2. The summed E-state index contributed by atoms with van der Waals surface area (Å²) in [5.41, 5.74) is 0.217. The monoisotopic (exact) mass is 200 g/mol. The number of halogens is 3. The van der Waals surface area contributed by atoms with E-state index >= 15 is 0 Å². The second kappa shape index (κ2) is 2.73. The average Bonchev–Trinajstić information content (AvgIpc) is 2.48. The van der Waals surface area contributed by atoms with E-state index in [4.69, 9.17) is 0 Å². The van der Waals surface area contributed by atoms with Gasteiger partial charge in [0, 0.05) is 12.4 Å². The molecule has 0 unspecified atom stereocenters. The normalized spacial score (nSPS) is 12.3. The minimum Gasteiger partial charge on any atom is -0.306 e. The van der Waals surface area contributed by atoms with Gasteiger partial charge >= 0.3 is 6.18 Å². The average molecular weight is 200 g/mol. The molecule has 2 aromatic heterocycles. The van der Waals surface area contributed by atoms with E-state index in [0.29, 0.717) is 5.65 Å². The minimum atomic E-state index is -4.38. The number of nitrogens with zero attached hydrogens (tertiary/aromatic N) is 2.